The van der Waals surface area contributed by atoms with Crippen molar-refractivity contribution in [3.8, 4) is 5.69 Å². The van der Waals surface area contributed by atoms with Gasteiger partial charge in [-0.3, -0.25) is 0 Å². The fourth-order valence-electron chi connectivity index (χ4n) is 2.50. The number of benzene rings is 1. The van der Waals surface area contributed by atoms with Gasteiger partial charge < -0.3 is 15.4 Å². The van der Waals surface area contributed by atoms with Crippen molar-refractivity contribution < 1.29 is 14.3 Å². The highest BCUT2D eigenvalue weighted by molar-refractivity contribution is 9.10. The van der Waals surface area contributed by atoms with E-state index >= 15 is 0 Å². The number of ether oxygens (including phenoxy) is 1. The standard InChI is InChI=1S/C16H16BrN5O3/c1-3-25-15(23)13-9(2)19-16(24)20-14(13)12-8-18-22(21-12)11-6-4-10(17)5-7-11/h4-8,14H,3H2,1-2H3,(H2,19,20,24). The van der Waals surface area contributed by atoms with E-state index < -0.39 is 18.0 Å². The molecule has 25 heavy (non-hydrogen) atoms. The molecule has 2 N–H and O–H groups in total. The minimum absolute atomic E-state index is 0.238. The van der Waals surface area contributed by atoms with Gasteiger partial charge in [0.15, 0.2) is 0 Å². The molecule has 1 aromatic heterocycles. The molecule has 9 heteroatoms. The van der Waals surface area contributed by atoms with E-state index in [9.17, 15) is 9.59 Å². The van der Waals surface area contributed by atoms with Crippen molar-refractivity contribution in [3.05, 3.63) is 51.9 Å². The molecule has 3 rings (SSSR count). The minimum atomic E-state index is -0.725. The van der Waals surface area contributed by atoms with Gasteiger partial charge >= 0.3 is 12.0 Å². The largest absolute Gasteiger partial charge is 0.463 e. The molecule has 0 fully saturated rings. The first kappa shape index (κ1) is 17.2. The quantitative estimate of drug-likeness (QED) is 0.759. The maximum atomic E-state index is 12.3. The zero-order chi connectivity index (χ0) is 18.0. The van der Waals surface area contributed by atoms with Crippen molar-refractivity contribution in [1.29, 1.82) is 0 Å². The van der Waals surface area contributed by atoms with Crippen LogP contribution in [0, 0.1) is 0 Å². The van der Waals surface area contributed by atoms with Gasteiger partial charge in [0.25, 0.3) is 0 Å². The molecule has 1 aliphatic rings. The number of allylic oxidation sites excluding steroid dienone is 1. The summed E-state index contributed by atoms with van der Waals surface area (Å²) in [5, 5.41) is 13.9. The minimum Gasteiger partial charge on any atom is -0.463 e. The third-order valence-corrected chi connectivity index (χ3v) is 4.16. The lowest BCUT2D eigenvalue weighted by Gasteiger charge is -2.26. The molecule has 2 amide bonds. The number of hydrogen-bond acceptors (Lipinski definition) is 5. The molecule has 0 saturated heterocycles. The molecule has 1 atom stereocenters. The molecule has 1 aliphatic heterocycles. The topological polar surface area (TPSA) is 98.1 Å². The number of halogens is 1. The number of nitrogens with one attached hydrogen (secondary N) is 2. The molecule has 2 aromatic rings. The summed E-state index contributed by atoms with van der Waals surface area (Å²) in [6, 6.07) is 6.31. The number of hydrogen-bond donors (Lipinski definition) is 2. The molecule has 1 aromatic carbocycles. The van der Waals surface area contributed by atoms with Crippen LogP contribution in [-0.4, -0.2) is 33.6 Å². The summed E-state index contributed by atoms with van der Waals surface area (Å²) in [5.74, 6) is -0.504. The van der Waals surface area contributed by atoms with E-state index in [0.29, 0.717) is 17.0 Å². The number of esters is 1. The Hall–Kier alpha value is -2.68. The monoisotopic (exact) mass is 405 g/mol. The van der Waals surface area contributed by atoms with E-state index in [1.54, 1.807) is 13.8 Å². The zero-order valence-corrected chi connectivity index (χ0v) is 15.2. The molecule has 0 saturated carbocycles. The molecular weight excluding hydrogens is 390 g/mol. The Morgan fingerprint density at radius 3 is 2.76 bits per heavy atom. The number of urea groups is 1. The van der Waals surface area contributed by atoms with E-state index in [2.05, 4.69) is 36.8 Å². The average Bonchev–Trinajstić information content (AvgIpc) is 3.04. The lowest BCUT2D eigenvalue weighted by atomic mass is 10.0. The first-order chi connectivity index (χ1) is 12.0. The van der Waals surface area contributed by atoms with Gasteiger partial charge in [-0.05, 0) is 38.1 Å². The number of aromatic nitrogens is 3. The number of amides is 2. The summed E-state index contributed by atoms with van der Waals surface area (Å²) in [4.78, 5) is 25.5. The van der Waals surface area contributed by atoms with Gasteiger partial charge in [0, 0.05) is 10.2 Å². The maximum Gasteiger partial charge on any atom is 0.338 e. The van der Waals surface area contributed by atoms with Crippen molar-refractivity contribution in [1.82, 2.24) is 25.6 Å². The summed E-state index contributed by atoms with van der Waals surface area (Å²) in [6.07, 6.45) is 1.52. The van der Waals surface area contributed by atoms with Gasteiger partial charge in [-0.25, -0.2) is 9.59 Å². The second-order valence-electron chi connectivity index (χ2n) is 5.33. The lowest BCUT2D eigenvalue weighted by Crippen LogP contribution is -2.45. The van der Waals surface area contributed by atoms with Crippen LogP contribution in [0.25, 0.3) is 5.69 Å². The Morgan fingerprint density at radius 2 is 2.08 bits per heavy atom. The third kappa shape index (κ3) is 3.55. The van der Waals surface area contributed by atoms with E-state index in [0.717, 1.165) is 10.2 Å². The molecule has 0 radical (unpaired) electrons. The predicted molar refractivity (Wildman–Crippen MR) is 92.8 cm³/mol. The van der Waals surface area contributed by atoms with Crippen LogP contribution in [-0.2, 0) is 9.53 Å². The van der Waals surface area contributed by atoms with Crippen LogP contribution in [0.15, 0.2) is 46.2 Å². The summed E-state index contributed by atoms with van der Waals surface area (Å²) in [5.41, 5.74) is 1.95. The van der Waals surface area contributed by atoms with Crippen LogP contribution in [0.1, 0.15) is 25.6 Å². The second kappa shape index (κ2) is 7.06. The van der Waals surface area contributed by atoms with Crippen LogP contribution in [0.3, 0.4) is 0 Å². The zero-order valence-electron chi connectivity index (χ0n) is 13.6. The molecule has 130 valence electrons. The molecule has 0 bridgehead atoms. The van der Waals surface area contributed by atoms with Crippen LogP contribution >= 0.6 is 15.9 Å². The molecule has 2 heterocycles. The summed E-state index contributed by atoms with van der Waals surface area (Å²) in [7, 11) is 0. The van der Waals surface area contributed by atoms with E-state index in [-0.39, 0.29) is 6.61 Å². The number of nitrogens with zero attached hydrogens (tertiary/aromatic N) is 3. The summed E-state index contributed by atoms with van der Waals surface area (Å²) < 4.78 is 6.04. The molecule has 0 spiro atoms. The SMILES string of the molecule is CCOC(=O)C1=C(C)NC(=O)NC1c1cnn(-c2ccc(Br)cc2)n1. The van der Waals surface area contributed by atoms with Gasteiger partial charge in [-0.2, -0.15) is 15.0 Å². The Labute approximate surface area is 152 Å². The summed E-state index contributed by atoms with van der Waals surface area (Å²) >= 11 is 3.38. The van der Waals surface area contributed by atoms with Gasteiger partial charge in [-0.1, -0.05) is 15.9 Å². The number of rotatable bonds is 4. The Bertz CT molecular complexity index is 844. The molecule has 8 nitrogen and oxygen atoms in total. The van der Waals surface area contributed by atoms with E-state index in [4.69, 9.17) is 4.74 Å². The smallest absolute Gasteiger partial charge is 0.338 e. The molecule has 1 unspecified atom stereocenters. The van der Waals surface area contributed by atoms with Crippen molar-refractivity contribution in [2.45, 2.75) is 19.9 Å². The van der Waals surface area contributed by atoms with Crippen LogP contribution < -0.4 is 10.6 Å². The third-order valence-electron chi connectivity index (χ3n) is 3.63. The highest BCUT2D eigenvalue weighted by Crippen LogP contribution is 2.26. The normalized spacial score (nSPS) is 17.1. The van der Waals surface area contributed by atoms with E-state index in [1.807, 2.05) is 24.3 Å². The second-order valence-corrected chi connectivity index (χ2v) is 6.24. The highest BCUT2D eigenvalue weighted by atomic mass is 79.9. The van der Waals surface area contributed by atoms with Crippen molar-refractivity contribution >= 4 is 27.9 Å². The van der Waals surface area contributed by atoms with Crippen molar-refractivity contribution in [3.63, 3.8) is 0 Å². The van der Waals surface area contributed by atoms with Gasteiger partial charge in [0.2, 0.25) is 0 Å². The number of carbonyl (C=O) groups excluding carboxylic acids is 2. The maximum absolute atomic E-state index is 12.3. The highest BCUT2D eigenvalue weighted by Gasteiger charge is 2.34. The fourth-order valence-corrected chi connectivity index (χ4v) is 2.77. The van der Waals surface area contributed by atoms with Gasteiger partial charge in [-0.15, -0.1) is 0 Å². The van der Waals surface area contributed by atoms with Crippen molar-refractivity contribution in [2.24, 2.45) is 0 Å². The van der Waals surface area contributed by atoms with Crippen LogP contribution in [0.5, 0.6) is 0 Å². The van der Waals surface area contributed by atoms with Gasteiger partial charge in [0.05, 0.1) is 24.1 Å². The van der Waals surface area contributed by atoms with Crippen LogP contribution in [0.2, 0.25) is 0 Å². The van der Waals surface area contributed by atoms with Crippen LogP contribution in [0.4, 0.5) is 4.79 Å². The first-order valence-electron chi connectivity index (χ1n) is 7.63. The fraction of sp³-hybridized carbons (Fsp3) is 0.250. The number of carbonyl (C=O) groups is 2. The lowest BCUT2D eigenvalue weighted by molar-refractivity contribution is -0.139. The van der Waals surface area contributed by atoms with E-state index in [1.165, 1.54) is 11.0 Å². The molecular formula is C16H16BrN5O3. The predicted octanol–water partition coefficient (Wildman–Crippen LogP) is 2.22. The van der Waals surface area contributed by atoms with Gasteiger partial charge in [0.1, 0.15) is 11.7 Å². The molecule has 0 aliphatic carbocycles. The Balaban J connectivity index is 1.96. The summed E-state index contributed by atoms with van der Waals surface area (Å²) in [6.45, 7) is 3.61. The van der Waals surface area contributed by atoms with Crippen molar-refractivity contribution in [2.75, 3.05) is 6.61 Å². The Kier molecular flexibility index (Phi) is 4.84. The Morgan fingerprint density at radius 1 is 1.36 bits per heavy atom. The average molecular weight is 406 g/mol. The first-order valence-corrected chi connectivity index (χ1v) is 8.42.